The van der Waals surface area contributed by atoms with Crippen molar-refractivity contribution in [2.75, 3.05) is 5.32 Å². The van der Waals surface area contributed by atoms with Crippen LogP contribution in [0.3, 0.4) is 0 Å². The lowest BCUT2D eigenvalue weighted by molar-refractivity contribution is 0.103. The highest BCUT2D eigenvalue weighted by molar-refractivity contribution is 7.12. The van der Waals surface area contributed by atoms with Crippen LogP contribution in [0.4, 0.5) is 18.9 Å². The summed E-state index contributed by atoms with van der Waals surface area (Å²) in [5, 5.41) is 3.85. The maximum Gasteiger partial charge on any atom is 0.265 e. The predicted octanol–water partition coefficient (Wildman–Crippen LogP) is 3.42. The van der Waals surface area contributed by atoms with Gasteiger partial charge in [-0.1, -0.05) is 6.07 Å². The van der Waals surface area contributed by atoms with E-state index in [4.69, 9.17) is 0 Å². The summed E-state index contributed by atoms with van der Waals surface area (Å²) < 4.78 is 38.8. The van der Waals surface area contributed by atoms with Gasteiger partial charge in [0.05, 0.1) is 10.6 Å². The van der Waals surface area contributed by atoms with Gasteiger partial charge in [0.15, 0.2) is 17.5 Å². The Balaban J connectivity index is 2.25. The second kappa shape index (κ2) is 4.58. The molecule has 0 unspecified atom stereocenters. The molecule has 0 spiro atoms. The molecule has 1 aromatic heterocycles. The Bertz CT molecular complexity index is 554. The number of carbonyl (C=O) groups excluding carboxylic acids is 1. The Labute approximate surface area is 98.7 Å². The van der Waals surface area contributed by atoms with Crippen molar-refractivity contribution in [3.63, 3.8) is 0 Å². The lowest BCUT2D eigenvalue weighted by atomic mass is 10.2. The second-order valence-corrected chi connectivity index (χ2v) is 4.10. The van der Waals surface area contributed by atoms with E-state index >= 15 is 0 Å². The number of anilines is 1. The van der Waals surface area contributed by atoms with Crippen LogP contribution < -0.4 is 5.32 Å². The van der Waals surface area contributed by atoms with Gasteiger partial charge in [-0.25, -0.2) is 13.2 Å². The van der Waals surface area contributed by atoms with Crippen molar-refractivity contribution in [1.82, 2.24) is 0 Å². The van der Waals surface area contributed by atoms with Crippen LogP contribution in [0.2, 0.25) is 0 Å². The molecule has 6 heteroatoms. The maximum atomic E-state index is 13.2. The molecule has 0 aliphatic rings. The lowest BCUT2D eigenvalue weighted by Gasteiger charge is -2.05. The molecular weight excluding hydrogens is 251 g/mol. The van der Waals surface area contributed by atoms with Gasteiger partial charge in [0.1, 0.15) is 0 Å². The number of nitrogens with one attached hydrogen (secondary N) is 1. The molecule has 0 aliphatic heterocycles. The predicted molar refractivity (Wildman–Crippen MR) is 58.6 cm³/mol. The summed E-state index contributed by atoms with van der Waals surface area (Å²) in [6.07, 6.45) is 0. The van der Waals surface area contributed by atoms with E-state index in [0.29, 0.717) is 4.88 Å². The van der Waals surface area contributed by atoms with Crippen LogP contribution in [0, 0.1) is 17.5 Å². The van der Waals surface area contributed by atoms with E-state index in [0.717, 1.165) is 23.5 Å². The fourth-order valence-corrected chi connectivity index (χ4v) is 1.83. The third-order valence-electron chi connectivity index (χ3n) is 2.03. The number of hydrogen-bond donors (Lipinski definition) is 1. The molecule has 0 bridgehead atoms. The van der Waals surface area contributed by atoms with Gasteiger partial charge in [0, 0.05) is 0 Å². The standard InChI is InChI=1S/C11H6F3NOS/c12-6-3-4-7(10(14)9(6)13)15-11(16)8-2-1-5-17-8/h1-5H,(H,15,16). The van der Waals surface area contributed by atoms with Gasteiger partial charge in [0.2, 0.25) is 0 Å². The molecule has 0 saturated carbocycles. The first kappa shape index (κ1) is 11.7. The number of halogens is 3. The zero-order valence-corrected chi connectivity index (χ0v) is 9.15. The number of carbonyl (C=O) groups is 1. The first-order chi connectivity index (χ1) is 8.09. The zero-order chi connectivity index (χ0) is 12.4. The van der Waals surface area contributed by atoms with Gasteiger partial charge in [-0.3, -0.25) is 4.79 Å². The minimum atomic E-state index is -1.60. The Morgan fingerprint density at radius 2 is 1.88 bits per heavy atom. The maximum absolute atomic E-state index is 13.2. The van der Waals surface area contributed by atoms with Crippen LogP contribution >= 0.6 is 11.3 Å². The Morgan fingerprint density at radius 1 is 1.12 bits per heavy atom. The average molecular weight is 257 g/mol. The Kier molecular flexibility index (Phi) is 3.14. The number of benzene rings is 1. The highest BCUT2D eigenvalue weighted by Gasteiger charge is 2.16. The van der Waals surface area contributed by atoms with Crippen molar-refractivity contribution in [1.29, 1.82) is 0 Å². The quantitative estimate of drug-likeness (QED) is 0.820. The molecule has 2 nitrogen and oxygen atoms in total. The minimum absolute atomic E-state index is 0.356. The summed E-state index contributed by atoms with van der Waals surface area (Å²) in [6, 6.07) is 4.92. The summed E-state index contributed by atoms with van der Waals surface area (Å²) in [5.41, 5.74) is -0.387. The SMILES string of the molecule is O=C(Nc1ccc(F)c(F)c1F)c1cccs1. The third kappa shape index (κ3) is 2.31. The fourth-order valence-electron chi connectivity index (χ4n) is 1.21. The molecule has 2 rings (SSSR count). The van der Waals surface area contributed by atoms with Crippen molar-refractivity contribution in [2.24, 2.45) is 0 Å². The molecule has 1 amide bonds. The van der Waals surface area contributed by atoms with Crippen LogP contribution in [-0.4, -0.2) is 5.91 Å². The number of hydrogen-bond acceptors (Lipinski definition) is 2. The summed E-state index contributed by atoms with van der Waals surface area (Å²) in [5.74, 6) is -4.87. The van der Waals surface area contributed by atoms with Crippen LogP contribution in [0.15, 0.2) is 29.6 Å². The number of thiophene rings is 1. The smallest absolute Gasteiger partial charge is 0.265 e. The van der Waals surface area contributed by atoms with E-state index in [2.05, 4.69) is 5.32 Å². The van der Waals surface area contributed by atoms with E-state index < -0.39 is 23.4 Å². The van der Waals surface area contributed by atoms with E-state index in [1.165, 1.54) is 6.07 Å². The first-order valence-corrected chi connectivity index (χ1v) is 5.46. The third-order valence-corrected chi connectivity index (χ3v) is 2.90. The minimum Gasteiger partial charge on any atom is -0.319 e. The molecular formula is C11H6F3NOS. The van der Waals surface area contributed by atoms with Crippen LogP contribution in [0.1, 0.15) is 9.67 Å². The first-order valence-electron chi connectivity index (χ1n) is 4.58. The Morgan fingerprint density at radius 3 is 2.53 bits per heavy atom. The number of rotatable bonds is 2. The van der Waals surface area contributed by atoms with Gasteiger partial charge in [0.25, 0.3) is 5.91 Å². The topological polar surface area (TPSA) is 29.1 Å². The molecule has 0 atom stereocenters. The van der Waals surface area contributed by atoms with Gasteiger partial charge in [-0.05, 0) is 23.6 Å². The molecule has 2 aromatic rings. The van der Waals surface area contributed by atoms with Gasteiger partial charge >= 0.3 is 0 Å². The van der Waals surface area contributed by atoms with E-state index in [1.807, 2.05) is 0 Å². The number of amides is 1. The van der Waals surface area contributed by atoms with Gasteiger partial charge in [-0.2, -0.15) is 0 Å². The Hall–Kier alpha value is -1.82. The normalized spacial score (nSPS) is 10.3. The summed E-state index contributed by atoms with van der Waals surface area (Å²) in [7, 11) is 0. The average Bonchev–Trinajstić information content (AvgIpc) is 2.83. The van der Waals surface area contributed by atoms with Crippen molar-refractivity contribution >= 4 is 22.9 Å². The van der Waals surface area contributed by atoms with Crippen LogP contribution in [-0.2, 0) is 0 Å². The molecule has 1 aromatic carbocycles. The van der Waals surface area contributed by atoms with Crippen LogP contribution in [0.25, 0.3) is 0 Å². The van der Waals surface area contributed by atoms with Crippen molar-refractivity contribution < 1.29 is 18.0 Å². The second-order valence-electron chi connectivity index (χ2n) is 3.15. The largest absolute Gasteiger partial charge is 0.319 e. The summed E-state index contributed by atoms with van der Waals surface area (Å²) in [6.45, 7) is 0. The summed E-state index contributed by atoms with van der Waals surface area (Å²) in [4.78, 5) is 11.9. The van der Waals surface area contributed by atoms with E-state index in [9.17, 15) is 18.0 Å². The van der Waals surface area contributed by atoms with E-state index in [-0.39, 0.29) is 5.69 Å². The fraction of sp³-hybridized carbons (Fsp3) is 0. The molecule has 0 saturated heterocycles. The van der Waals surface area contributed by atoms with Crippen molar-refractivity contribution in [2.45, 2.75) is 0 Å². The van der Waals surface area contributed by atoms with Crippen LogP contribution in [0.5, 0.6) is 0 Å². The highest BCUT2D eigenvalue weighted by Crippen LogP contribution is 2.21. The molecule has 0 aliphatic carbocycles. The molecule has 17 heavy (non-hydrogen) atoms. The van der Waals surface area contributed by atoms with Crippen molar-refractivity contribution in [3.05, 3.63) is 52.0 Å². The summed E-state index contributed by atoms with van der Waals surface area (Å²) >= 11 is 1.16. The van der Waals surface area contributed by atoms with Gasteiger partial charge < -0.3 is 5.32 Å². The van der Waals surface area contributed by atoms with Crippen molar-refractivity contribution in [3.8, 4) is 0 Å². The monoisotopic (exact) mass is 257 g/mol. The van der Waals surface area contributed by atoms with E-state index in [1.54, 1.807) is 11.4 Å². The van der Waals surface area contributed by atoms with Gasteiger partial charge in [-0.15, -0.1) is 11.3 Å². The zero-order valence-electron chi connectivity index (χ0n) is 8.34. The highest BCUT2D eigenvalue weighted by atomic mass is 32.1. The molecule has 0 radical (unpaired) electrons. The molecule has 0 fully saturated rings. The lowest BCUT2D eigenvalue weighted by Crippen LogP contribution is -2.12. The molecule has 88 valence electrons. The molecule has 1 heterocycles. The molecule has 1 N–H and O–H groups in total.